The first-order chi connectivity index (χ1) is 11.0. The minimum absolute atomic E-state index is 0.106. The van der Waals surface area contributed by atoms with Crippen molar-refractivity contribution in [3.05, 3.63) is 22.4 Å². The van der Waals surface area contributed by atoms with Crippen molar-refractivity contribution in [3.63, 3.8) is 0 Å². The van der Waals surface area contributed by atoms with E-state index in [1.54, 1.807) is 11.3 Å². The van der Waals surface area contributed by atoms with Crippen LogP contribution in [0.1, 0.15) is 50.4 Å². The maximum absolute atomic E-state index is 5.92. The lowest BCUT2D eigenvalue weighted by atomic mass is 9.81. The molecule has 7 heteroatoms. The average molecular weight is 335 g/mol. The third kappa shape index (κ3) is 4.09. The summed E-state index contributed by atoms with van der Waals surface area (Å²) < 4.78 is 5.92. The standard InChI is InChI=1S/C16H25N5OS/c1-16(2,3)13-11(6-9-22-13)14-19-15(21-20-14)18-7-4-5-12-17-8-10-23-12/h8,10-11,13H,4-7,9H2,1-3H3,(H2,18,19,20,21)/t11-,13-/m1/s1. The zero-order valence-electron chi connectivity index (χ0n) is 14.0. The fourth-order valence-electron chi connectivity index (χ4n) is 3.06. The van der Waals surface area contributed by atoms with Gasteiger partial charge in [0.1, 0.15) is 5.82 Å². The van der Waals surface area contributed by atoms with Crippen LogP contribution in [0.5, 0.6) is 0 Å². The Morgan fingerprint density at radius 3 is 3.04 bits per heavy atom. The van der Waals surface area contributed by atoms with E-state index >= 15 is 0 Å². The van der Waals surface area contributed by atoms with E-state index in [2.05, 4.69) is 46.3 Å². The molecule has 0 aliphatic carbocycles. The molecule has 1 aliphatic heterocycles. The van der Waals surface area contributed by atoms with Crippen molar-refractivity contribution in [2.45, 2.75) is 52.1 Å². The summed E-state index contributed by atoms with van der Waals surface area (Å²) in [7, 11) is 0. The van der Waals surface area contributed by atoms with Crippen LogP contribution in [0.15, 0.2) is 11.6 Å². The van der Waals surface area contributed by atoms with Gasteiger partial charge in [-0.05, 0) is 18.3 Å². The molecular formula is C16H25N5OS. The number of thiazole rings is 1. The lowest BCUT2D eigenvalue weighted by Crippen LogP contribution is -2.30. The number of ether oxygens (including phenoxy) is 1. The summed E-state index contributed by atoms with van der Waals surface area (Å²) in [4.78, 5) is 8.91. The largest absolute Gasteiger partial charge is 0.377 e. The Bertz CT molecular complexity index is 604. The number of anilines is 1. The Labute approximate surface area is 141 Å². The Kier molecular flexibility index (Phi) is 4.96. The van der Waals surface area contributed by atoms with E-state index in [1.165, 1.54) is 5.01 Å². The maximum atomic E-state index is 5.92. The number of nitrogens with one attached hydrogen (secondary N) is 2. The van der Waals surface area contributed by atoms with Crippen molar-refractivity contribution in [3.8, 4) is 0 Å². The van der Waals surface area contributed by atoms with Crippen LogP contribution in [0.3, 0.4) is 0 Å². The van der Waals surface area contributed by atoms with E-state index in [0.717, 1.165) is 38.2 Å². The number of hydrogen-bond donors (Lipinski definition) is 2. The SMILES string of the molecule is CC(C)(C)[C@@H]1OCC[C@H]1c1nc(NCCCc2nccs2)n[nH]1. The van der Waals surface area contributed by atoms with E-state index in [0.29, 0.717) is 11.9 Å². The lowest BCUT2D eigenvalue weighted by Gasteiger charge is -2.29. The Morgan fingerprint density at radius 2 is 2.30 bits per heavy atom. The summed E-state index contributed by atoms with van der Waals surface area (Å²) in [5.41, 5.74) is 0.106. The van der Waals surface area contributed by atoms with Crippen LogP contribution in [-0.2, 0) is 11.2 Å². The van der Waals surface area contributed by atoms with E-state index in [1.807, 2.05) is 11.6 Å². The Balaban J connectivity index is 1.51. The summed E-state index contributed by atoms with van der Waals surface area (Å²) in [5.74, 6) is 1.91. The first-order valence-electron chi connectivity index (χ1n) is 8.20. The van der Waals surface area contributed by atoms with Crippen molar-refractivity contribution in [2.24, 2.45) is 5.41 Å². The van der Waals surface area contributed by atoms with Gasteiger partial charge >= 0.3 is 0 Å². The van der Waals surface area contributed by atoms with Crippen LogP contribution in [0.2, 0.25) is 0 Å². The van der Waals surface area contributed by atoms with Crippen molar-refractivity contribution in [1.29, 1.82) is 0 Å². The minimum Gasteiger partial charge on any atom is -0.377 e. The van der Waals surface area contributed by atoms with Gasteiger partial charge in [-0.1, -0.05) is 20.8 Å². The minimum atomic E-state index is 0.106. The van der Waals surface area contributed by atoms with Gasteiger partial charge < -0.3 is 10.1 Å². The first kappa shape index (κ1) is 16.4. The predicted octanol–water partition coefficient (Wildman–Crippen LogP) is 3.22. The van der Waals surface area contributed by atoms with Gasteiger partial charge in [0.05, 0.1) is 11.1 Å². The molecule has 3 rings (SSSR count). The normalized spacial score (nSPS) is 21.7. The highest BCUT2D eigenvalue weighted by Gasteiger charge is 2.39. The van der Waals surface area contributed by atoms with Crippen LogP contribution >= 0.6 is 11.3 Å². The quantitative estimate of drug-likeness (QED) is 0.793. The van der Waals surface area contributed by atoms with Crippen molar-refractivity contribution < 1.29 is 4.74 Å². The number of nitrogens with zero attached hydrogens (tertiary/aromatic N) is 3. The molecule has 3 heterocycles. The summed E-state index contributed by atoms with van der Waals surface area (Å²) in [6.07, 6.45) is 5.05. The van der Waals surface area contributed by atoms with Crippen molar-refractivity contribution in [1.82, 2.24) is 20.2 Å². The van der Waals surface area contributed by atoms with Gasteiger partial charge in [-0.3, -0.25) is 5.10 Å². The molecule has 1 saturated heterocycles. The number of aryl methyl sites for hydroxylation is 1. The third-order valence-electron chi connectivity index (χ3n) is 4.13. The van der Waals surface area contributed by atoms with Crippen LogP contribution < -0.4 is 5.32 Å². The van der Waals surface area contributed by atoms with Gasteiger partial charge in [0.15, 0.2) is 0 Å². The molecule has 0 bridgehead atoms. The highest BCUT2D eigenvalue weighted by molar-refractivity contribution is 7.09. The second-order valence-corrected chi connectivity index (χ2v) is 8.03. The monoisotopic (exact) mass is 335 g/mol. The van der Waals surface area contributed by atoms with Crippen LogP contribution in [-0.4, -0.2) is 39.4 Å². The van der Waals surface area contributed by atoms with Gasteiger partial charge in [0, 0.05) is 37.1 Å². The highest BCUT2D eigenvalue weighted by atomic mass is 32.1. The van der Waals surface area contributed by atoms with Crippen LogP contribution in [0.4, 0.5) is 5.95 Å². The number of aromatic nitrogens is 4. The summed E-state index contributed by atoms with van der Waals surface area (Å²) in [6, 6.07) is 0. The fraction of sp³-hybridized carbons (Fsp3) is 0.688. The van der Waals surface area contributed by atoms with Gasteiger partial charge in [0.25, 0.3) is 0 Å². The smallest absolute Gasteiger partial charge is 0.242 e. The zero-order valence-corrected chi connectivity index (χ0v) is 14.8. The topological polar surface area (TPSA) is 75.7 Å². The van der Waals surface area contributed by atoms with E-state index in [9.17, 15) is 0 Å². The lowest BCUT2D eigenvalue weighted by molar-refractivity contribution is 0.0197. The maximum Gasteiger partial charge on any atom is 0.242 e. The molecule has 23 heavy (non-hydrogen) atoms. The number of H-pyrrole nitrogens is 1. The molecule has 2 atom stereocenters. The highest BCUT2D eigenvalue weighted by Crippen LogP contribution is 2.39. The average Bonchev–Trinajstić information content (AvgIpc) is 3.22. The second kappa shape index (κ2) is 6.97. The molecule has 6 nitrogen and oxygen atoms in total. The molecular weight excluding hydrogens is 310 g/mol. The fourth-order valence-corrected chi connectivity index (χ4v) is 3.72. The molecule has 1 fully saturated rings. The molecule has 1 aliphatic rings. The molecule has 0 spiro atoms. The summed E-state index contributed by atoms with van der Waals surface area (Å²) in [5, 5.41) is 13.9. The molecule has 2 N–H and O–H groups in total. The molecule has 2 aromatic heterocycles. The Morgan fingerprint density at radius 1 is 1.43 bits per heavy atom. The first-order valence-corrected chi connectivity index (χ1v) is 9.08. The van der Waals surface area contributed by atoms with Crippen LogP contribution in [0, 0.1) is 5.41 Å². The zero-order chi connectivity index (χ0) is 16.3. The molecule has 0 radical (unpaired) electrons. The molecule has 0 aromatic carbocycles. The van der Waals surface area contributed by atoms with Gasteiger partial charge in [-0.15, -0.1) is 16.4 Å². The van der Waals surface area contributed by atoms with E-state index < -0.39 is 0 Å². The molecule has 0 unspecified atom stereocenters. The van der Waals surface area contributed by atoms with E-state index in [4.69, 9.17) is 4.74 Å². The Hall–Kier alpha value is -1.47. The molecule has 0 saturated carbocycles. The van der Waals surface area contributed by atoms with Crippen molar-refractivity contribution in [2.75, 3.05) is 18.5 Å². The number of aromatic amines is 1. The van der Waals surface area contributed by atoms with Gasteiger partial charge in [0.2, 0.25) is 5.95 Å². The molecule has 2 aromatic rings. The van der Waals surface area contributed by atoms with Gasteiger partial charge in [-0.25, -0.2) is 4.98 Å². The molecule has 0 amide bonds. The number of rotatable bonds is 6. The number of hydrogen-bond acceptors (Lipinski definition) is 6. The summed E-state index contributed by atoms with van der Waals surface area (Å²) >= 11 is 1.70. The third-order valence-corrected chi connectivity index (χ3v) is 4.97. The van der Waals surface area contributed by atoms with Crippen LogP contribution in [0.25, 0.3) is 0 Å². The predicted molar refractivity (Wildman–Crippen MR) is 91.9 cm³/mol. The second-order valence-electron chi connectivity index (χ2n) is 7.05. The van der Waals surface area contributed by atoms with E-state index in [-0.39, 0.29) is 11.5 Å². The molecule has 126 valence electrons. The summed E-state index contributed by atoms with van der Waals surface area (Å²) in [6.45, 7) is 8.28. The van der Waals surface area contributed by atoms with Gasteiger partial charge in [-0.2, -0.15) is 4.98 Å². The van der Waals surface area contributed by atoms with Crippen molar-refractivity contribution >= 4 is 17.3 Å².